The molecule has 0 fully saturated rings. The summed E-state index contributed by atoms with van der Waals surface area (Å²) in [5, 5.41) is 9.52. The SMILES string of the molecule is Cc1ccc(CO)cc1NS(=O)(=O)c1cc(Cl)ccc1C. The minimum atomic E-state index is -3.73. The molecule has 112 valence electrons. The van der Waals surface area contributed by atoms with E-state index in [-0.39, 0.29) is 11.5 Å². The number of aliphatic hydroxyl groups is 1. The zero-order valence-corrected chi connectivity index (χ0v) is 13.3. The van der Waals surface area contributed by atoms with Crippen LogP contribution >= 0.6 is 11.6 Å². The molecule has 2 N–H and O–H groups in total. The van der Waals surface area contributed by atoms with Crippen molar-refractivity contribution in [2.24, 2.45) is 0 Å². The molecule has 0 radical (unpaired) electrons. The van der Waals surface area contributed by atoms with Crippen LogP contribution in [0.5, 0.6) is 0 Å². The largest absolute Gasteiger partial charge is 0.392 e. The highest BCUT2D eigenvalue weighted by Gasteiger charge is 2.18. The molecule has 0 saturated heterocycles. The number of halogens is 1. The first-order valence-electron chi connectivity index (χ1n) is 6.33. The highest BCUT2D eigenvalue weighted by atomic mass is 35.5. The Labute approximate surface area is 129 Å². The third kappa shape index (κ3) is 3.56. The van der Waals surface area contributed by atoms with Gasteiger partial charge in [0.1, 0.15) is 0 Å². The summed E-state index contributed by atoms with van der Waals surface area (Å²) in [7, 11) is -3.73. The van der Waals surface area contributed by atoms with Crippen molar-refractivity contribution in [3.63, 3.8) is 0 Å². The topological polar surface area (TPSA) is 66.4 Å². The molecule has 0 unspecified atom stereocenters. The summed E-state index contributed by atoms with van der Waals surface area (Å²) in [6.45, 7) is 3.36. The second-order valence-electron chi connectivity index (χ2n) is 4.82. The van der Waals surface area contributed by atoms with Crippen LogP contribution in [0.3, 0.4) is 0 Å². The maximum absolute atomic E-state index is 12.5. The lowest BCUT2D eigenvalue weighted by molar-refractivity contribution is 0.282. The number of sulfonamides is 1. The average Bonchev–Trinajstić information content (AvgIpc) is 2.43. The first-order chi connectivity index (χ1) is 9.83. The van der Waals surface area contributed by atoms with Crippen LogP contribution in [0.4, 0.5) is 5.69 Å². The molecule has 0 aliphatic carbocycles. The number of benzene rings is 2. The first kappa shape index (κ1) is 15.8. The quantitative estimate of drug-likeness (QED) is 0.906. The molecule has 2 rings (SSSR count). The minimum absolute atomic E-state index is 0.142. The fourth-order valence-corrected chi connectivity index (χ4v) is 3.57. The fraction of sp³-hybridized carbons (Fsp3) is 0.200. The minimum Gasteiger partial charge on any atom is -0.392 e. The smallest absolute Gasteiger partial charge is 0.262 e. The van der Waals surface area contributed by atoms with E-state index in [1.54, 1.807) is 44.2 Å². The number of hydrogen-bond acceptors (Lipinski definition) is 3. The van der Waals surface area contributed by atoms with Crippen molar-refractivity contribution < 1.29 is 13.5 Å². The Hall–Kier alpha value is -1.56. The lowest BCUT2D eigenvalue weighted by Gasteiger charge is -2.13. The van der Waals surface area contributed by atoms with E-state index >= 15 is 0 Å². The van der Waals surface area contributed by atoms with Crippen LogP contribution in [0, 0.1) is 13.8 Å². The van der Waals surface area contributed by atoms with E-state index in [9.17, 15) is 8.42 Å². The lowest BCUT2D eigenvalue weighted by Crippen LogP contribution is -2.15. The van der Waals surface area contributed by atoms with Gasteiger partial charge in [-0.3, -0.25) is 4.72 Å². The van der Waals surface area contributed by atoms with Gasteiger partial charge < -0.3 is 5.11 Å². The van der Waals surface area contributed by atoms with E-state index < -0.39 is 10.0 Å². The Balaban J connectivity index is 2.44. The van der Waals surface area contributed by atoms with Gasteiger partial charge in [-0.1, -0.05) is 29.8 Å². The van der Waals surface area contributed by atoms with Gasteiger partial charge in [-0.05, 0) is 48.7 Å². The second-order valence-corrected chi connectivity index (χ2v) is 6.91. The summed E-state index contributed by atoms with van der Waals surface area (Å²) in [5.74, 6) is 0. The normalized spacial score (nSPS) is 11.4. The fourth-order valence-electron chi connectivity index (χ4n) is 1.94. The molecule has 0 heterocycles. The Kier molecular flexibility index (Phi) is 4.56. The number of aryl methyl sites for hydroxylation is 2. The van der Waals surface area contributed by atoms with Crippen LogP contribution in [-0.2, 0) is 16.6 Å². The number of anilines is 1. The molecule has 6 heteroatoms. The first-order valence-corrected chi connectivity index (χ1v) is 8.19. The van der Waals surface area contributed by atoms with E-state index in [1.165, 1.54) is 6.07 Å². The van der Waals surface area contributed by atoms with Gasteiger partial charge in [-0.2, -0.15) is 0 Å². The maximum atomic E-state index is 12.5. The number of aliphatic hydroxyl groups excluding tert-OH is 1. The second kappa shape index (κ2) is 6.05. The van der Waals surface area contributed by atoms with Gasteiger partial charge in [0.15, 0.2) is 0 Å². The predicted octanol–water partition coefficient (Wildman–Crippen LogP) is 3.25. The van der Waals surface area contributed by atoms with Crippen molar-refractivity contribution in [1.82, 2.24) is 0 Å². The van der Waals surface area contributed by atoms with Gasteiger partial charge in [0.05, 0.1) is 17.2 Å². The molecular weight excluding hydrogens is 310 g/mol. The Bertz CT molecular complexity index is 772. The lowest BCUT2D eigenvalue weighted by atomic mass is 10.1. The van der Waals surface area contributed by atoms with Gasteiger partial charge >= 0.3 is 0 Å². The van der Waals surface area contributed by atoms with E-state index in [4.69, 9.17) is 16.7 Å². The number of nitrogens with one attached hydrogen (secondary N) is 1. The van der Waals surface area contributed by atoms with E-state index in [0.717, 1.165) is 5.56 Å². The summed E-state index contributed by atoms with van der Waals surface area (Å²) in [4.78, 5) is 0.142. The summed E-state index contributed by atoms with van der Waals surface area (Å²) in [5.41, 5.74) is 2.47. The van der Waals surface area contributed by atoms with Gasteiger partial charge in [-0.25, -0.2) is 8.42 Å². The van der Waals surface area contributed by atoms with Crippen molar-refractivity contribution in [3.05, 3.63) is 58.1 Å². The molecule has 2 aromatic rings. The van der Waals surface area contributed by atoms with Gasteiger partial charge in [-0.15, -0.1) is 0 Å². The van der Waals surface area contributed by atoms with Crippen LogP contribution < -0.4 is 4.72 Å². The van der Waals surface area contributed by atoms with Gasteiger partial charge in [0.25, 0.3) is 10.0 Å². The zero-order valence-electron chi connectivity index (χ0n) is 11.7. The summed E-state index contributed by atoms with van der Waals surface area (Å²) < 4.78 is 27.5. The highest BCUT2D eigenvalue weighted by Crippen LogP contribution is 2.25. The summed E-state index contributed by atoms with van der Waals surface area (Å²) >= 11 is 5.88. The molecule has 0 aliphatic rings. The third-order valence-electron chi connectivity index (χ3n) is 3.17. The van der Waals surface area contributed by atoms with Crippen LogP contribution in [0.2, 0.25) is 5.02 Å². The average molecular weight is 326 g/mol. The molecule has 21 heavy (non-hydrogen) atoms. The van der Waals surface area contributed by atoms with Crippen LogP contribution in [0.15, 0.2) is 41.3 Å². The molecular formula is C15H16ClNO3S. The number of rotatable bonds is 4. The van der Waals surface area contributed by atoms with Gasteiger partial charge in [0, 0.05) is 5.02 Å². The molecule has 0 spiro atoms. The van der Waals surface area contributed by atoms with Crippen LogP contribution in [0.1, 0.15) is 16.7 Å². The molecule has 2 aromatic carbocycles. The Morgan fingerprint density at radius 3 is 2.43 bits per heavy atom. The monoisotopic (exact) mass is 325 g/mol. The van der Waals surface area contributed by atoms with Gasteiger partial charge in [0.2, 0.25) is 0 Å². The van der Waals surface area contributed by atoms with Crippen molar-refractivity contribution in [1.29, 1.82) is 0 Å². The molecule has 0 bridgehead atoms. The molecule has 0 aromatic heterocycles. The Morgan fingerprint density at radius 2 is 1.76 bits per heavy atom. The standard InChI is InChI=1S/C15H16ClNO3S/c1-10-3-5-12(9-18)7-14(10)17-21(19,20)15-8-13(16)6-4-11(15)2/h3-8,17-18H,9H2,1-2H3. The molecule has 4 nitrogen and oxygen atoms in total. The van der Waals surface area contributed by atoms with E-state index in [2.05, 4.69) is 4.72 Å². The summed E-state index contributed by atoms with van der Waals surface area (Å²) in [6.07, 6.45) is 0. The molecule has 0 saturated carbocycles. The maximum Gasteiger partial charge on any atom is 0.262 e. The van der Waals surface area contributed by atoms with Crippen molar-refractivity contribution >= 4 is 27.3 Å². The van der Waals surface area contributed by atoms with Crippen molar-refractivity contribution in [2.45, 2.75) is 25.3 Å². The molecule has 0 amide bonds. The Morgan fingerprint density at radius 1 is 1.10 bits per heavy atom. The van der Waals surface area contributed by atoms with Crippen molar-refractivity contribution in [3.8, 4) is 0 Å². The molecule has 0 atom stereocenters. The van der Waals surface area contributed by atoms with Crippen molar-refractivity contribution in [2.75, 3.05) is 4.72 Å². The zero-order chi connectivity index (χ0) is 15.6. The summed E-state index contributed by atoms with van der Waals surface area (Å²) in [6, 6.07) is 9.85. The van der Waals surface area contributed by atoms with E-state index in [0.29, 0.717) is 21.8 Å². The molecule has 0 aliphatic heterocycles. The van der Waals surface area contributed by atoms with Crippen LogP contribution in [-0.4, -0.2) is 13.5 Å². The third-order valence-corrected chi connectivity index (χ3v) is 4.91. The predicted molar refractivity (Wildman–Crippen MR) is 84.1 cm³/mol. The highest BCUT2D eigenvalue weighted by molar-refractivity contribution is 7.92. The number of hydrogen-bond donors (Lipinski definition) is 2. The van der Waals surface area contributed by atoms with E-state index in [1.807, 2.05) is 0 Å². The van der Waals surface area contributed by atoms with Crippen LogP contribution in [0.25, 0.3) is 0 Å².